The molecule has 1 aliphatic rings. The van der Waals surface area contributed by atoms with E-state index in [1.165, 1.54) is 0 Å². The smallest absolute Gasteiger partial charge is 0.290 e. The quantitative estimate of drug-likeness (QED) is 0.788. The summed E-state index contributed by atoms with van der Waals surface area (Å²) in [6.07, 6.45) is 0.912. The standard InChI is InChI=1S/C11H11ClF2.CH2O2/c1-11(13,14)9-4-7-2-3-10(12)6-8(7)5-9;2-1-3/h2-3,6,9H,4-5H2,1H3;1H,(H,2,3). The maximum Gasteiger partial charge on any atom is 0.290 e. The molecule has 1 N–H and O–H groups in total. The van der Waals surface area contributed by atoms with E-state index in [4.69, 9.17) is 21.5 Å². The van der Waals surface area contributed by atoms with Crippen molar-refractivity contribution < 1.29 is 18.7 Å². The minimum absolute atomic E-state index is 0.250. The number of benzene rings is 1. The first-order valence-electron chi connectivity index (χ1n) is 5.11. The molecular weight excluding hydrogens is 250 g/mol. The van der Waals surface area contributed by atoms with Gasteiger partial charge >= 0.3 is 0 Å². The molecular formula is C12H13ClF2O2. The van der Waals surface area contributed by atoms with E-state index in [1.807, 2.05) is 6.07 Å². The summed E-state index contributed by atoms with van der Waals surface area (Å²) in [5.41, 5.74) is 1.99. The molecule has 0 saturated heterocycles. The van der Waals surface area contributed by atoms with E-state index in [2.05, 4.69) is 0 Å². The summed E-state index contributed by atoms with van der Waals surface area (Å²) < 4.78 is 26.1. The fraction of sp³-hybridized carbons (Fsp3) is 0.417. The predicted molar refractivity (Wildman–Crippen MR) is 61.7 cm³/mol. The van der Waals surface area contributed by atoms with Crippen molar-refractivity contribution >= 4 is 18.1 Å². The molecule has 1 aromatic carbocycles. The summed E-state index contributed by atoms with van der Waals surface area (Å²) in [4.78, 5) is 8.36. The van der Waals surface area contributed by atoms with Crippen LogP contribution in [0.4, 0.5) is 8.78 Å². The molecule has 5 heteroatoms. The Bertz CT molecular complexity index is 402. The molecule has 2 rings (SSSR count). The van der Waals surface area contributed by atoms with Gasteiger partial charge in [-0.15, -0.1) is 0 Å². The van der Waals surface area contributed by atoms with Crippen LogP contribution in [0.1, 0.15) is 18.1 Å². The number of hydrogen-bond acceptors (Lipinski definition) is 1. The van der Waals surface area contributed by atoms with E-state index in [0.29, 0.717) is 17.9 Å². The third-order valence-electron chi connectivity index (χ3n) is 2.82. The number of carbonyl (C=O) groups is 1. The van der Waals surface area contributed by atoms with E-state index in [-0.39, 0.29) is 6.47 Å². The molecule has 1 aliphatic carbocycles. The van der Waals surface area contributed by atoms with Crippen LogP contribution in [0.3, 0.4) is 0 Å². The van der Waals surface area contributed by atoms with Gasteiger partial charge in [-0.3, -0.25) is 4.79 Å². The number of carboxylic acid groups (broad SMARTS) is 1. The van der Waals surface area contributed by atoms with Gasteiger partial charge in [0.05, 0.1) is 0 Å². The van der Waals surface area contributed by atoms with Gasteiger partial charge < -0.3 is 5.11 Å². The molecule has 0 saturated carbocycles. The van der Waals surface area contributed by atoms with Gasteiger partial charge in [0.25, 0.3) is 6.47 Å². The van der Waals surface area contributed by atoms with Crippen LogP contribution in [0.25, 0.3) is 0 Å². The van der Waals surface area contributed by atoms with Gasteiger partial charge in [-0.1, -0.05) is 17.7 Å². The topological polar surface area (TPSA) is 37.3 Å². The lowest BCUT2D eigenvalue weighted by molar-refractivity contribution is -0.122. The highest BCUT2D eigenvalue weighted by molar-refractivity contribution is 6.30. The van der Waals surface area contributed by atoms with E-state index in [9.17, 15) is 8.78 Å². The van der Waals surface area contributed by atoms with Crippen molar-refractivity contribution in [2.24, 2.45) is 5.92 Å². The average Bonchev–Trinajstić information content (AvgIpc) is 2.61. The maximum atomic E-state index is 13.1. The van der Waals surface area contributed by atoms with Crippen molar-refractivity contribution in [1.29, 1.82) is 0 Å². The highest BCUT2D eigenvalue weighted by atomic mass is 35.5. The fourth-order valence-corrected chi connectivity index (χ4v) is 2.14. The first-order valence-corrected chi connectivity index (χ1v) is 5.49. The van der Waals surface area contributed by atoms with Crippen molar-refractivity contribution in [2.45, 2.75) is 25.7 Å². The molecule has 0 radical (unpaired) electrons. The average molecular weight is 263 g/mol. The fourth-order valence-electron chi connectivity index (χ4n) is 1.95. The summed E-state index contributed by atoms with van der Waals surface area (Å²) >= 11 is 5.80. The Morgan fingerprint density at radius 1 is 1.41 bits per heavy atom. The summed E-state index contributed by atoms with van der Waals surface area (Å²) in [7, 11) is 0. The molecule has 0 aromatic heterocycles. The SMILES string of the molecule is CC(F)(F)C1Cc2ccc(Cl)cc2C1.O=CO. The lowest BCUT2D eigenvalue weighted by atomic mass is 10.00. The van der Waals surface area contributed by atoms with Crippen LogP contribution in [-0.2, 0) is 17.6 Å². The lowest BCUT2D eigenvalue weighted by Gasteiger charge is -2.17. The summed E-state index contributed by atoms with van der Waals surface area (Å²) in [6.45, 7) is 0.741. The highest BCUT2D eigenvalue weighted by Gasteiger charge is 2.38. The Morgan fingerprint density at radius 3 is 2.47 bits per heavy atom. The first kappa shape index (κ1) is 13.9. The summed E-state index contributed by atoms with van der Waals surface area (Å²) in [5.74, 6) is -3.15. The van der Waals surface area contributed by atoms with Crippen LogP contribution in [-0.4, -0.2) is 17.5 Å². The maximum absolute atomic E-state index is 13.1. The van der Waals surface area contributed by atoms with E-state index in [0.717, 1.165) is 18.1 Å². The molecule has 0 fully saturated rings. The highest BCUT2D eigenvalue weighted by Crippen LogP contribution is 2.37. The minimum Gasteiger partial charge on any atom is -0.483 e. The first-order chi connectivity index (χ1) is 7.88. The molecule has 0 heterocycles. The number of hydrogen-bond donors (Lipinski definition) is 1. The Hall–Kier alpha value is -1.16. The van der Waals surface area contributed by atoms with Crippen LogP contribution in [0, 0.1) is 5.92 Å². The number of alkyl halides is 2. The zero-order chi connectivity index (χ0) is 13.1. The second kappa shape index (κ2) is 5.45. The van der Waals surface area contributed by atoms with E-state index in [1.54, 1.807) is 12.1 Å². The Labute approximate surface area is 103 Å². The van der Waals surface area contributed by atoms with Crippen molar-refractivity contribution in [3.63, 3.8) is 0 Å². The van der Waals surface area contributed by atoms with Gasteiger partial charge in [0.15, 0.2) is 0 Å². The van der Waals surface area contributed by atoms with E-state index >= 15 is 0 Å². The monoisotopic (exact) mass is 262 g/mol. The number of fused-ring (bicyclic) bond motifs is 1. The molecule has 1 atom stereocenters. The number of halogens is 3. The van der Waals surface area contributed by atoms with Gasteiger partial charge in [-0.05, 0) is 43.0 Å². The van der Waals surface area contributed by atoms with Gasteiger partial charge in [0.2, 0.25) is 5.92 Å². The van der Waals surface area contributed by atoms with Crippen molar-refractivity contribution in [2.75, 3.05) is 0 Å². The number of rotatable bonds is 1. The molecule has 1 unspecified atom stereocenters. The summed E-state index contributed by atoms with van der Waals surface area (Å²) in [6, 6.07) is 5.41. The lowest BCUT2D eigenvalue weighted by Crippen LogP contribution is -2.24. The minimum atomic E-state index is -2.59. The van der Waals surface area contributed by atoms with Crippen LogP contribution in [0.15, 0.2) is 18.2 Å². The Morgan fingerprint density at radius 2 is 1.94 bits per heavy atom. The van der Waals surface area contributed by atoms with Crippen LogP contribution >= 0.6 is 11.6 Å². The molecule has 1 aromatic rings. The summed E-state index contributed by atoms with van der Waals surface area (Å²) in [5, 5.41) is 7.52. The molecule has 0 spiro atoms. The third-order valence-corrected chi connectivity index (χ3v) is 3.05. The molecule has 0 aliphatic heterocycles. The van der Waals surface area contributed by atoms with Crippen LogP contribution < -0.4 is 0 Å². The zero-order valence-corrected chi connectivity index (χ0v) is 10.0. The van der Waals surface area contributed by atoms with Crippen LogP contribution in [0.5, 0.6) is 0 Å². The largest absolute Gasteiger partial charge is 0.483 e. The van der Waals surface area contributed by atoms with Crippen molar-refractivity contribution in [1.82, 2.24) is 0 Å². The molecule has 0 bridgehead atoms. The Kier molecular flexibility index (Phi) is 4.46. The molecule has 94 valence electrons. The molecule has 17 heavy (non-hydrogen) atoms. The Balaban J connectivity index is 0.000000437. The van der Waals surface area contributed by atoms with Crippen molar-refractivity contribution in [3.8, 4) is 0 Å². The zero-order valence-electron chi connectivity index (χ0n) is 9.29. The van der Waals surface area contributed by atoms with Crippen molar-refractivity contribution in [3.05, 3.63) is 34.3 Å². The second-order valence-electron chi connectivity index (χ2n) is 4.08. The molecule has 2 nitrogen and oxygen atoms in total. The van der Waals surface area contributed by atoms with Crippen LogP contribution in [0.2, 0.25) is 5.02 Å². The predicted octanol–water partition coefficient (Wildman–Crippen LogP) is 3.41. The van der Waals surface area contributed by atoms with Gasteiger partial charge in [0, 0.05) is 10.9 Å². The van der Waals surface area contributed by atoms with Gasteiger partial charge in [-0.25, -0.2) is 8.78 Å². The third kappa shape index (κ3) is 3.66. The molecule has 0 amide bonds. The normalized spacial score (nSPS) is 18.0. The van der Waals surface area contributed by atoms with E-state index < -0.39 is 11.8 Å². The van der Waals surface area contributed by atoms with Gasteiger partial charge in [0.1, 0.15) is 0 Å². The second-order valence-corrected chi connectivity index (χ2v) is 4.52. The van der Waals surface area contributed by atoms with Gasteiger partial charge in [-0.2, -0.15) is 0 Å².